The van der Waals surface area contributed by atoms with Crippen molar-refractivity contribution in [2.75, 3.05) is 13.7 Å². The Kier molecular flexibility index (Phi) is 12.1. The molecule has 0 radical (unpaired) electrons. The van der Waals surface area contributed by atoms with E-state index in [2.05, 4.69) is 15.8 Å². The Morgan fingerprint density at radius 2 is 2.05 bits per heavy atom. The average molecular weight is 305 g/mol. The number of nitriles is 1. The van der Waals surface area contributed by atoms with Crippen molar-refractivity contribution in [1.82, 2.24) is 5.32 Å². The first-order valence-corrected chi connectivity index (χ1v) is 6.40. The van der Waals surface area contributed by atoms with Crippen molar-refractivity contribution in [3.05, 3.63) is 0 Å². The second kappa shape index (κ2) is 11.9. The van der Waals surface area contributed by atoms with Gasteiger partial charge in [0.1, 0.15) is 11.5 Å². The van der Waals surface area contributed by atoms with Crippen LogP contribution in [0.1, 0.15) is 33.6 Å². The van der Waals surface area contributed by atoms with Crippen molar-refractivity contribution in [3.8, 4) is 6.07 Å². The minimum absolute atomic E-state index is 0.250. The molecule has 122 valence electrons. The molecule has 0 aromatic carbocycles. The molecular formula is C13H24FN3O4. The zero-order valence-corrected chi connectivity index (χ0v) is 12.9. The topological polar surface area (TPSA) is 114 Å². The first-order chi connectivity index (χ1) is 9.71. The van der Waals surface area contributed by atoms with E-state index in [1.54, 1.807) is 20.8 Å². The van der Waals surface area contributed by atoms with Crippen molar-refractivity contribution >= 4 is 12.5 Å². The second-order valence-electron chi connectivity index (χ2n) is 5.03. The molecule has 0 rings (SSSR count). The normalized spacial score (nSPS) is 13.0. The summed E-state index contributed by atoms with van der Waals surface area (Å²) in [6.45, 7) is 5.64. The van der Waals surface area contributed by atoms with Gasteiger partial charge in [-0.1, -0.05) is 0 Å². The zero-order valence-electron chi connectivity index (χ0n) is 12.9. The molecule has 0 aliphatic heterocycles. The quantitative estimate of drug-likeness (QED) is 0.569. The van der Waals surface area contributed by atoms with Crippen LogP contribution in [0.25, 0.3) is 0 Å². The highest BCUT2D eigenvalue weighted by atomic mass is 19.1. The SMILES string of the molecule is COC(F)C(C#N)CCCNC(=O)OC(C)(C)C.NC=O. The van der Waals surface area contributed by atoms with Gasteiger partial charge in [-0.05, 0) is 33.6 Å². The molecule has 0 aromatic heterocycles. The number of alkyl halides is 1. The number of halogens is 1. The second-order valence-corrected chi connectivity index (χ2v) is 5.03. The molecule has 0 saturated carbocycles. The molecule has 0 aromatic rings. The first-order valence-electron chi connectivity index (χ1n) is 6.40. The standard InChI is InChI=1S/C12H21FN2O3.CH3NO/c1-12(2,3)18-11(16)15-7-5-6-9(8-14)10(13)17-4;2-1-3/h9-10H,5-7H2,1-4H3,(H,15,16);1H,(H2,2,3). The van der Waals surface area contributed by atoms with Crippen LogP contribution in [0.4, 0.5) is 9.18 Å². The van der Waals surface area contributed by atoms with Gasteiger partial charge in [-0.2, -0.15) is 5.26 Å². The number of nitrogens with one attached hydrogen (secondary N) is 1. The van der Waals surface area contributed by atoms with Crippen molar-refractivity contribution in [3.63, 3.8) is 0 Å². The van der Waals surface area contributed by atoms with Crippen LogP contribution in [0.15, 0.2) is 0 Å². The van der Waals surface area contributed by atoms with Crippen LogP contribution >= 0.6 is 0 Å². The highest BCUT2D eigenvalue weighted by Gasteiger charge is 2.20. The predicted molar refractivity (Wildman–Crippen MR) is 74.7 cm³/mol. The summed E-state index contributed by atoms with van der Waals surface area (Å²) < 4.78 is 22.5. The minimum atomic E-state index is -1.59. The van der Waals surface area contributed by atoms with Crippen LogP contribution < -0.4 is 11.1 Å². The van der Waals surface area contributed by atoms with E-state index in [4.69, 9.17) is 14.8 Å². The molecule has 0 spiro atoms. The van der Waals surface area contributed by atoms with Crippen LogP contribution in [-0.4, -0.2) is 38.1 Å². The number of primary amides is 1. The molecule has 0 aliphatic rings. The Morgan fingerprint density at radius 1 is 1.52 bits per heavy atom. The molecule has 3 N–H and O–H groups in total. The molecule has 8 heteroatoms. The molecule has 0 bridgehead atoms. The van der Waals surface area contributed by atoms with Crippen molar-refractivity contribution in [2.45, 2.75) is 45.6 Å². The number of alkyl carbamates (subject to hydrolysis) is 1. The van der Waals surface area contributed by atoms with Gasteiger partial charge < -0.3 is 20.5 Å². The lowest BCUT2D eigenvalue weighted by Crippen LogP contribution is -2.33. The van der Waals surface area contributed by atoms with E-state index in [0.717, 1.165) is 0 Å². The van der Waals surface area contributed by atoms with Crippen LogP contribution in [0.3, 0.4) is 0 Å². The van der Waals surface area contributed by atoms with Gasteiger partial charge >= 0.3 is 6.09 Å². The number of nitrogens with zero attached hydrogens (tertiary/aromatic N) is 1. The molecule has 2 amide bonds. The number of methoxy groups -OCH3 is 1. The molecule has 0 fully saturated rings. The summed E-state index contributed by atoms with van der Waals surface area (Å²) in [7, 11) is 1.22. The summed E-state index contributed by atoms with van der Waals surface area (Å²) in [6.07, 6.45) is -1.04. The lowest BCUT2D eigenvalue weighted by molar-refractivity contribution is -0.106. The Bertz CT molecular complexity index is 339. The summed E-state index contributed by atoms with van der Waals surface area (Å²) in [5, 5.41) is 11.2. The predicted octanol–water partition coefficient (Wildman–Crippen LogP) is 1.47. The summed E-state index contributed by atoms with van der Waals surface area (Å²) in [4.78, 5) is 19.8. The summed E-state index contributed by atoms with van der Waals surface area (Å²) in [5.74, 6) is -0.810. The Morgan fingerprint density at radius 3 is 2.43 bits per heavy atom. The monoisotopic (exact) mass is 305 g/mol. The maximum atomic E-state index is 13.0. The highest BCUT2D eigenvalue weighted by Crippen LogP contribution is 2.14. The third-order valence-corrected chi connectivity index (χ3v) is 2.07. The molecule has 2 unspecified atom stereocenters. The molecule has 0 heterocycles. The fraction of sp³-hybridized carbons (Fsp3) is 0.769. The minimum Gasteiger partial charge on any atom is -0.444 e. The number of nitrogens with two attached hydrogens (primary N) is 1. The van der Waals surface area contributed by atoms with Crippen LogP contribution in [0, 0.1) is 17.2 Å². The average Bonchev–Trinajstić information content (AvgIpc) is 2.37. The summed E-state index contributed by atoms with van der Waals surface area (Å²) in [6, 6.07) is 1.84. The van der Waals surface area contributed by atoms with Gasteiger partial charge in [-0.25, -0.2) is 9.18 Å². The number of hydrogen-bond acceptors (Lipinski definition) is 5. The molecule has 21 heavy (non-hydrogen) atoms. The van der Waals surface area contributed by atoms with Gasteiger partial charge in [0.2, 0.25) is 12.8 Å². The van der Waals surface area contributed by atoms with Gasteiger partial charge in [0.15, 0.2) is 0 Å². The lowest BCUT2D eigenvalue weighted by Gasteiger charge is -2.19. The third kappa shape index (κ3) is 14.3. The number of ether oxygens (including phenoxy) is 2. The Balaban J connectivity index is 0. The maximum absolute atomic E-state index is 13.0. The highest BCUT2D eigenvalue weighted by molar-refractivity contribution is 5.67. The van der Waals surface area contributed by atoms with E-state index in [9.17, 15) is 9.18 Å². The smallest absolute Gasteiger partial charge is 0.407 e. The third-order valence-electron chi connectivity index (χ3n) is 2.07. The van der Waals surface area contributed by atoms with Crippen LogP contribution in [-0.2, 0) is 14.3 Å². The van der Waals surface area contributed by atoms with E-state index in [0.29, 0.717) is 19.4 Å². The summed E-state index contributed by atoms with van der Waals surface area (Å²) >= 11 is 0. The lowest BCUT2D eigenvalue weighted by atomic mass is 10.1. The number of amides is 2. The van der Waals surface area contributed by atoms with Crippen molar-refractivity contribution < 1.29 is 23.5 Å². The van der Waals surface area contributed by atoms with Crippen LogP contribution in [0.2, 0.25) is 0 Å². The molecular weight excluding hydrogens is 281 g/mol. The van der Waals surface area contributed by atoms with Gasteiger partial charge in [0, 0.05) is 13.7 Å². The van der Waals surface area contributed by atoms with Gasteiger partial charge in [-0.15, -0.1) is 0 Å². The van der Waals surface area contributed by atoms with E-state index in [1.165, 1.54) is 7.11 Å². The largest absolute Gasteiger partial charge is 0.444 e. The number of rotatable bonds is 6. The van der Waals surface area contributed by atoms with Gasteiger partial charge in [0.05, 0.1) is 6.07 Å². The van der Waals surface area contributed by atoms with E-state index in [-0.39, 0.29) is 6.41 Å². The fourth-order valence-electron chi connectivity index (χ4n) is 1.25. The van der Waals surface area contributed by atoms with Gasteiger partial charge in [-0.3, -0.25) is 4.79 Å². The van der Waals surface area contributed by atoms with E-state index < -0.39 is 24.0 Å². The molecule has 7 nitrogen and oxygen atoms in total. The number of carbonyl (C=O) groups excluding carboxylic acids is 2. The fourth-order valence-corrected chi connectivity index (χ4v) is 1.25. The Hall–Kier alpha value is -1.88. The Labute approximate surface area is 124 Å². The first kappa shape index (κ1) is 21.4. The van der Waals surface area contributed by atoms with Crippen molar-refractivity contribution in [2.24, 2.45) is 11.7 Å². The molecule has 2 atom stereocenters. The number of hydrogen-bond donors (Lipinski definition) is 2. The maximum Gasteiger partial charge on any atom is 0.407 e. The molecule has 0 aliphatic carbocycles. The summed E-state index contributed by atoms with van der Waals surface area (Å²) in [5.41, 5.74) is 3.62. The zero-order chi connectivity index (χ0) is 16.9. The van der Waals surface area contributed by atoms with E-state index >= 15 is 0 Å². The molecule has 0 saturated heterocycles. The van der Waals surface area contributed by atoms with Crippen molar-refractivity contribution in [1.29, 1.82) is 5.26 Å². The van der Waals surface area contributed by atoms with Crippen LogP contribution in [0.5, 0.6) is 0 Å². The van der Waals surface area contributed by atoms with E-state index in [1.807, 2.05) is 6.07 Å². The van der Waals surface area contributed by atoms with Gasteiger partial charge in [0.25, 0.3) is 0 Å². The number of carbonyl (C=O) groups is 2.